The number of aromatic nitrogens is 2. The molecule has 1 unspecified atom stereocenters. The van der Waals surface area contributed by atoms with Crippen molar-refractivity contribution in [2.75, 3.05) is 6.26 Å². The smallest absolute Gasteiger partial charge is 0.177 e. The Hall–Kier alpha value is -1.07. The number of alkyl halides is 1. The van der Waals surface area contributed by atoms with Crippen LogP contribution in [0.1, 0.15) is 38.1 Å². The number of rotatable bonds is 4. The molecule has 2 aromatic rings. The predicted octanol–water partition coefficient (Wildman–Crippen LogP) is 3.54. The molecule has 0 bridgehead atoms. The van der Waals surface area contributed by atoms with Gasteiger partial charge >= 0.3 is 0 Å². The molecule has 21 heavy (non-hydrogen) atoms. The lowest BCUT2D eigenvalue weighted by Crippen LogP contribution is -2.24. The summed E-state index contributed by atoms with van der Waals surface area (Å²) < 4.78 is 26.0. The molecule has 114 valence electrons. The van der Waals surface area contributed by atoms with Gasteiger partial charge in [0.25, 0.3) is 0 Å². The Morgan fingerprint density at radius 1 is 1.43 bits per heavy atom. The van der Waals surface area contributed by atoms with Crippen molar-refractivity contribution in [1.82, 2.24) is 9.55 Å². The maximum Gasteiger partial charge on any atom is 0.177 e. The number of imidazole rings is 1. The number of sulfone groups is 1. The van der Waals surface area contributed by atoms with Crippen LogP contribution in [0.3, 0.4) is 0 Å². The molecular formula is C15H19ClN2O2S. The number of fused-ring (bicyclic) bond motifs is 1. The molecule has 0 amide bonds. The molecule has 0 aliphatic heterocycles. The van der Waals surface area contributed by atoms with Crippen LogP contribution in [0.4, 0.5) is 0 Å². The second-order valence-electron chi connectivity index (χ2n) is 5.86. The highest BCUT2D eigenvalue weighted by Gasteiger charge is 2.28. The van der Waals surface area contributed by atoms with Gasteiger partial charge in [-0.2, -0.15) is 0 Å². The van der Waals surface area contributed by atoms with Crippen LogP contribution >= 0.6 is 11.6 Å². The lowest BCUT2D eigenvalue weighted by molar-refractivity contribution is 0.223. The summed E-state index contributed by atoms with van der Waals surface area (Å²) in [6.45, 7) is 2.17. The van der Waals surface area contributed by atoms with E-state index < -0.39 is 9.84 Å². The lowest BCUT2D eigenvalue weighted by atomic mass is 9.80. The van der Waals surface area contributed by atoms with Crippen LogP contribution in [0, 0.1) is 5.92 Å². The highest BCUT2D eigenvalue weighted by molar-refractivity contribution is 7.91. The summed E-state index contributed by atoms with van der Waals surface area (Å²) in [6, 6.07) is 5.62. The maximum atomic E-state index is 11.9. The van der Waals surface area contributed by atoms with Gasteiger partial charge in [-0.05, 0) is 37.8 Å². The molecule has 6 heteroatoms. The second-order valence-corrected chi connectivity index (χ2v) is 8.11. The number of hydrogen-bond donors (Lipinski definition) is 0. The van der Waals surface area contributed by atoms with E-state index in [4.69, 9.17) is 11.6 Å². The summed E-state index contributed by atoms with van der Waals surface area (Å²) in [5.41, 5.74) is 1.41. The van der Waals surface area contributed by atoms with Gasteiger partial charge in [0.2, 0.25) is 0 Å². The molecule has 1 aliphatic rings. The van der Waals surface area contributed by atoms with Crippen LogP contribution in [0.2, 0.25) is 0 Å². The average Bonchev–Trinajstić information content (AvgIpc) is 2.73. The summed E-state index contributed by atoms with van der Waals surface area (Å²) in [6.07, 6.45) is 4.92. The molecule has 1 heterocycles. The minimum Gasteiger partial charge on any atom is -0.324 e. The first kappa shape index (κ1) is 14.9. The number of benzene rings is 1. The average molecular weight is 327 g/mol. The first-order valence-electron chi connectivity index (χ1n) is 7.19. The van der Waals surface area contributed by atoms with Crippen molar-refractivity contribution in [1.29, 1.82) is 0 Å². The molecule has 4 nitrogen and oxygen atoms in total. The number of nitrogens with zero attached hydrogens (tertiary/aromatic N) is 2. The van der Waals surface area contributed by atoms with Gasteiger partial charge in [-0.25, -0.2) is 13.4 Å². The monoisotopic (exact) mass is 326 g/mol. The quantitative estimate of drug-likeness (QED) is 0.807. The maximum absolute atomic E-state index is 11.9. The highest BCUT2D eigenvalue weighted by Crippen LogP contribution is 2.39. The molecule has 3 rings (SSSR count). The molecule has 1 saturated carbocycles. The van der Waals surface area contributed by atoms with Crippen molar-refractivity contribution < 1.29 is 8.42 Å². The first-order valence-corrected chi connectivity index (χ1v) is 9.62. The zero-order valence-electron chi connectivity index (χ0n) is 12.2. The van der Waals surface area contributed by atoms with Gasteiger partial charge in [-0.1, -0.05) is 12.5 Å². The largest absolute Gasteiger partial charge is 0.324 e. The highest BCUT2D eigenvalue weighted by atomic mass is 35.5. The van der Waals surface area contributed by atoms with Crippen molar-refractivity contribution in [3.05, 3.63) is 24.0 Å². The first-order chi connectivity index (χ1) is 9.93. The molecule has 0 radical (unpaired) electrons. The third-order valence-electron chi connectivity index (χ3n) is 4.51. The van der Waals surface area contributed by atoms with Crippen LogP contribution in [-0.2, 0) is 15.7 Å². The van der Waals surface area contributed by atoms with E-state index in [0.717, 1.165) is 11.3 Å². The third kappa shape index (κ3) is 2.46. The van der Waals surface area contributed by atoms with Crippen molar-refractivity contribution in [3.63, 3.8) is 0 Å². The fourth-order valence-corrected chi connectivity index (χ4v) is 4.14. The Balaban J connectivity index is 2.24. The van der Waals surface area contributed by atoms with E-state index in [2.05, 4.69) is 16.5 Å². The summed E-state index contributed by atoms with van der Waals surface area (Å²) >= 11 is 6.05. The SMILES string of the molecule is CC(C1CCC1)n1c(CCl)nc2c(S(C)(=O)=O)cccc21. The van der Waals surface area contributed by atoms with Gasteiger partial charge in [0, 0.05) is 12.3 Å². The van der Waals surface area contributed by atoms with Crippen LogP contribution < -0.4 is 0 Å². The van der Waals surface area contributed by atoms with Crippen LogP contribution in [-0.4, -0.2) is 24.2 Å². The molecule has 0 saturated heterocycles. The Labute approximate surface area is 130 Å². The molecular weight excluding hydrogens is 308 g/mol. The van der Waals surface area contributed by atoms with Crippen LogP contribution in [0.25, 0.3) is 11.0 Å². The van der Waals surface area contributed by atoms with Gasteiger partial charge in [-0.15, -0.1) is 11.6 Å². The predicted molar refractivity (Wildman–Crippen MR) is 84.5 cm³/mol. The van der Waals surface area contributed by atoms with Gasteiger partial charge < -0.3 is 4.57 Å². The number of halogens is 1. The summed E-state index contributed by atoms with van der Waals surface area (Å²) in [4.78, 5) is 4.79. The standard InChI is InChI=1S/C15H19ClN2O2S/c1-10(11-5-3-6-11)18-12-7-4-8-13(21(2,19)20)15(12)17-14(18)9-16/h4,7-8,10-11H,3,5-6,9H2,1-2H3. The third-order valence-corrected chi connectivity index (χ3v) is 5.88. The Morgan fingerprint density at radius 3 is 2.67 bits per heavy atom. The van der Waals surface area contributed by atoms with E-state index in [1.807, 2.05) is 6.07 Å². The van der Waals surface area contributed by atoms with Gasteiger partial charge in [0.15, 0.2) is 9.84 Å². The fourth-order valence-electron chi connectivity index (χ4n) is 3.12. The zero-order valence-corrected chi connectivity index (χ0v) is 13.8. The van der Waals surface area contributed by atoms with Crippen molar-refractivity contribution >= 4 is 32.5 Å². The molecule has 1 aliphatic carbocycles. The van der Waals surface area contributed by atoms with Crippen LogP contribution in [0.15, 0.2) is 23.1 Å². The van der Waals surface area contributed by atoms with E-state index >= 15 is 0 Å². The van der Waals surface area contributed by atoms with Crippen molar-refractivity contribution in [3.8, 4) is 0 Å². The molecule has 0 spiro atoms. The fraction of sp³-hybridized carbons (Fsp3) is 0.533. The van der Waals surface area contributed by atoms with Crippen molar-refractivity contribution in [2.45, 2.75) is 43.0 Å². The Bertz CT molecular complexity index is 778. The Morgan fingerprint density at radius 2 is 2.14 bits per heavy atom. The van der Waals surface area contributed by atoms with E-state index in [0.29, 0.717) is 17.5 Å². The summed E-state index contributed by atoms with van der Waals surface area (Å²) in [5.74, 6) is 1.67. The molecule has 1 fully saturated rings. The van der Waals surface area contributed by atoms with Gasteiger partial charge in [-0.3, -0.25) is 0 Å². The molecule has 1 aromatic carbocycles. The molecule has 0 N–H and O–H groups in total. The molecule has 1 atom stereocenters. The minimum absolute atomic E-state index is 0.283. The van der Waals surface area contributed by atoms with Crippen LogP contribution in [0.5, 0.6) is 0 Å². The van der Waals surface area contributed by atoms with Gasteiger partial charge in [0.1, 0.15) is 11.3 Å². The van der Waals surface area contributed by atoms with E-state index in [1.54, 1.807) is 12.1 Å². The zero-order chi connectivity index (χ0) is 15.2. The van der Waals surface area contributed by atoms with E-state index in [1.165, 1.54) is 25.5 Å². The van der Waals surface area contributed by atoms with E-state index in [9.17, 15) is 8.42 Å². The normalized spacial score (nSPS) is 17.9. The number of para-hydroxylation sites is 1. The number of hydrogen-bond acceptors (Lipinski definition) is 3. The van der Waals surface area contributed by atoms with Gasteiger partial charge in [0.05, 0.1) is 16.3 Å². The summed E-state index contributed by atoms with van der Waals surface area (Å²) in [5, 5.41) is 0. The van der Waals surface area contributed by atoms with E-state index in [-0.39, 0.29) is 10.8 Å². The molecule has 1 aromatic heterocycles. The van der Waals surface area contributed by atoms with Crippen molar-refractivity contribution in [2.24, 2.45) is 5.92 Å². The topological polar surface area (TPSA) is 52.0 Å². The second kappa shape index (κ2) is 5.29. The lowest BCUT2D eigenvalue weighted by Gasteiger charge is -2.33. The summed E-state index contributed by atoms with van der Waals surface area (Å²) in [7, 11) is -3.30. The minimum atomic E-state index is -3.30. The Kier molecular flexibility index (Phi) is 3.74.